The minimum absolute atomic E-state index is 0.131. The molecule has 0 atom stereocenters. The Hall–Kier alpha value is -0.630. The predicted octanol–water partition coefficient (Wildman–Crippen LogP) is 3.78. The summed E-state index contributed by atoms with van der Waals surface area (Å²) in [6.07, 6.45) is 6.18. The van der Waals surface area contributed by atoms with E-state index < -0.39 is 0 Å². The van der Waals surface area contributed by atoms with Gasteiger partial charge in [0.05, 0.1) is 5.41 Å². The van der Waals surface area contributed by atoms with Crippen molar-refractivity contribution in [2.75, 3.05) is 0 Å². The maximum Gasteiger partial charge on any atom is 0.143 e. The van der Waals surface area contributed by atoms with Crippen molar-refractivity contribution in [1.82, 2.24) is 0 Å². The van der Waals surface area contributed by atoms with Crippen LogP contribution in [0, 0.1) is 0 Å². The van der Waals surface area contributed by atoms with Crippen molar-refractivity contribution in [3.8, 4) is 0 Å². The van der Waals surface area contributed by atoms with Crippen LogP contribution in [0.3, 0.4) is 0 Å². The molecule has 84 valence electrons. The SMILES string of the molecule is O=C1CCc2cccc(Br)c2C12CCCC2. The molecule has 16 heavy (non-hydrogen) atoms. The smallest absolute Gasteiger partial charge is 0.143 e. The zero-order chi connectivity index (χ0) is 11.2. The first-order valence-electron chi connectivity index (χ1n) is 6.05. The summed E-state index contributed by atoms with van der Waals surface area (Å²) in [5, 5.41) is 0. The monoisotopic (exact) mass is 278 g/mol. The highest BCUT2D eigenvalue weighted by atomic mass is 79.9. The van der Waals surface area contributed by atoms with Crippen LogP contribution >= 0.6 is 15.9 Å². The molecular weight excluding hydrogens is 264 g/mol. The molecule has 1 saturated carbocycles. The maximum atomic E-state index is 12.3. The summed E-state index contributed by atoms with van der Waals surface area (Å²) in [5.41, 5.74) is 2.56. The number of halogens is 1. The van der Waals surface area contributed by atoms with E-state index in [9.17, 15) is 4.79 Å². The van der Waals surface area contributed by atoms with Gasteiger partial charge in [-0.2, -0.15) is 0 Å². The number of Topliss-reactive ketones (excluding diaryl/α,β-unsaturated/α-hetero) is 1. The average molecular weight is 279 g/mol. The Morgan fingerprint density at radius 2 is 1.88 bits per heavy atom. The van der Waals surface area contributed by atoms with Crippen LogP contribution in [0.15, 0.2) is 22.7 Å². The third-order valence-corrected chi connectivity index (χ3v) is 4.85. The highest BCUT2D eigenvalue weighted by Gasteiger charge is 2.46. The molecule has 0 N–H and O–H groups in total. The minimum atomic E-state index is -0.131. The van der Waals surface area contributed by atoms with Gasteiger partial charge >= 0.3 is 0 Å². The molecule has 1 fully saturated rings. The molecule has 0 bridgehead atoms. The summed E-state index contributed by atoms with van der Waals surface area (Å²) < 4.78 is 1.14. The number of aryl methyl sites for hydroxylation is 1. The van der Waals surface area contributed by atoms with E-state index in [0.29, 0.717) is 5.78 Å². The first-order valence-corrected chi connectivity index (χ1v) is 6.84. The molecule has 2 heteroatoms. The van der Waals surface area contributed by atoms with Crippen LogP contribution in [0.25, 0.3) is 0 Å². The fourth-order valence-electron chi connectivity index (χ4n) is 3.45. The Morgan fingerprint density at radius 1 is 1.12 bits per heavy atom. The molecule has 1 nitrogen and oxygen atoms in total. The van der Waals surface area contributed by atoms with E-state index in [4.69, 9.17) is 0 Å². The number of hydrogen-bond donors (Lipinski definition) is 0. The predicted molar refractivity (Wildman–Crippen MR) is 67.6 cm³/mol. The number of rotatable bonds is 0. The number of ketones is 1. The van der Waals surface area contributed by atoms with Gasteiger partial charge in [0, 0.05) is 10.9 Å². The Morgan fingerprint density at radius 3 is 2.62 bits per heavy atom. The zero-order valence-corrected chi connectivity index (χ0v) is 10.8. The van der Waals surface area contributed by atoms with E-state index >= 15 is 0 Å². The fourth-order valence-corrected chi connectivity index (χ4v) is 4.23. The van der Waals surface area contributed by atoms with Gasteiger partial charge in [-0.25, -0.2) is 0 Å². The van der Waals surface area contributed by atoms with Gasteiger partial charge in [-0.3, -0.25) is 4.79 Å². The van der Waals surface area contributed by atoms with E-state index in [1.165, 1.54) is 24.0 Å². The molecule has 0 unspecified atom stereocenters. The Balaban J connectivity index is 2.23. The lowest BCUT2D eigenvalue weighted by molar-refractivity contribution is -0.125. The lowest BCUT2D eigenvalue weighted by atomic mass is 9.68. The molecule has 0 heterocycles. The van der Waals surface area contributed by atoms with Gasteiger partial charge in [0.2, 0.25) is 0 Å². The third-order valence-electron chi connectivity index (χ3n) is 4.19. The number of carbonyl (C=O) groups excluding carboxylic acids is 1. The average Bonchev–Trinajstić information content (AvgIpc) is 2.74. The van der Waals surface area contributed by atoms with Crippen molar-refractivity contribution in [3.05, 3.63) is 33.8 Å². The first kappa shape index (κ1) is 10.5. The number of fused-ring (bicyclic) bond motifs is 2. The molecule has 2 aliphatic carbocycles. The molecule has 0 amide bonds. The molecule has 1 spiro atoms. The summed E-state index contributed by atoms with van der Waals surface area (Å²) in [7, 11) is 0. The molecule has 1 aromatic carbocycles. The van der Waals surface area contributed by atoms with E-state index in [2.05, 4.69) is 34.1 Å². The number of carbonyl (C=O) groups is 1. The number of hydrogen-bond acceptors (Lipinski definition) is 1. The zero-order valence-electron chi connectivity index (χ0n) is 9.26. The van der Waals surface area contributed by atoms with E-state index in [0.717, 1.165) is 30.2 Å². The minimum Gasteiger partial charge on any atom is -0.299 e. The highest BCUT2D eigenvalue weighted by Crippen LogP contribution is 2.49. The van der Waals surface area contributed by atoms with Crippen LogP contribution in [0.1, 0.15) is 43.2 Å². The van der Waals surface area contributed by atoms with Crippen molar-refractivity contribution < 1.29 is 4.79 Å². The topological polar surface area (TPSA) is 17.1 Å². The van der Waals surface area contributed by atoms with E-state index in [1.54, 1.807) is 0 Å². The maximum absolute atomic E-state index is 12.3. The molecule has 2 aliphatic rings. The molecule has 0 aliphatic heterocycles. The van der Waals surface area contributed by atoms with E-state index in [-0.39, 0.29) is 5.41 Å². The molecule has 1 aromatic rings. The summed E-state index contributed by atoms with van der Waals surface area (Å²) in [6.45, 7) is 0. The third kappa shape index (κ3) is 1.32. The van der Waals surface area contributed by atoms with Gasteiger partial charge in [0.1, 0.15) is 5.78 Å². The molecule has 0 radical (unpaired) electrons. The van der Waals surface area contributed by atoms with Gasteiger partial charge in [-0.05, 0) is 36.5 Å². The van der Waals surface area contributed by atoms with Crippen molar-refractivity contribution in [2.24, 2.45) is 0 Å². The molecule has 0 saturated heterocycles. The summed E-state index contributed by atoms with van der Waals surface area (Å²) in [5.74, 6) is 0.476. The number of benzene rings is 1. The van der Waals surface area contributed by atoms with E-state index in [1.807, 2.05) is 0 Å². The Labute approximate surface area is 104 Å². The molecule has 3 rings (SSSR count). The van der Waals surface area contributed by atoms with Crippen LogP contribution in [0.4, 0.5) is 0 Å². The Bertz CT molecular complexity index is 444. The second kappa shape index (κ2) is 3.69. The van der Waals surface area contributed by atoms with Gasteiger partial charge in [-0.15, -0.1) is 0 Å². The summed E-state index contributed by atoms with van der Waals surface area (Å²) in [6, 6.07) is 6.35. The largest absolute Gasteiger partial charge is 0.299 e. The van der Waals surface area contributed by atoms with Crippen molar-refractivity contribution >= 4 is 21.7 Å². The van der Waals surface area contributed by atoms with Gasteiger partial charge < -0.3 is 0 Å². The summed E-state index contributed by atoms with van der Waals surface area (Å²) >= 11 is 3.64. The van der Waals surface area contributed by atoms with Crippen LogP contribution in [0.2, 0.25) is 0 Å². The van der Waals surface area contributed by atoms with Crippen LogP contribution < -0.4 is 0 Å². The van der Waals surface area contributed by atoms with Gasteiger partial charge in [0.25, 0.3) is 0 Å². The van der Waals surface area contributed by atoms with Crippen molar-refractivity contribution in [3.63, 3.8) is 0 Å². The van der Waals surface area contributed by atoms with Gasteiger partial charge in [0.15, 0.2) is 0 Å². The van der Waals surface area contributed by atoms with Crippen LogP contribution in [-0.4, -0.2) is 5.78 Å². The fraction of sp³-hybridized carbons (Fsp3) is 0.500. The lowest BCUT2D eigenvalue weighted by Gasteiger charge is -2.35. The molecular formula is C14H15BrO. The quantitative estimate of drug-likeness (QED) is 0.706. The molecule has 0 aromatic heterocycles. The van der Waals surface area contributed by atoms with Crippen molar-refractivity contribution in [2.45, 2.75) is 43.9 Å². The second-order valence-electron chi connectivity index (χ2n) is 4.99. The Kier molecular flexibility index (Phi) is 2.43. The van der Waals surface area contributed by atoms with Gasteiger partial charge in [-0.1, -0.05) is 40.9 Å². The van der Waals surface area contributed by atoms with Crippen LogP contribution in [-0.2, 0) is 16.6 Å². The highest BCUT2D eigenvalue weighted by molar-refractivity contribution is 9.10. The normalized spacial score (nSPS) is 22.4. The summed E-state index contributed by atoms with van der Waals surface area (Å²) in [4.78, 5) is 12.3. The standard InChI is InChI=1S/C14H15BrO/c15-11-5-3-4-10-6-7-12(16)14(13(10)11)8-1-2-9-14/h3-5H,1-2,6-9H2. The first-order chi connectivity index (χ1) is 7.74. The second-order valence-corrected chi connectivity index (χ2v) is 5.84. The van der Waals surface area contributed by atoms with Crippen LogP contribution in [0.5, 0.6) is 0 Å². The van der Waals surface area contributed by atoms with Crippen molar-refractivity contribution in [1.29, 1.82) is 0 Å². The lowest BCUT2D eigenvalue weighted by Crippen LogP contribution is -2.37.